The van der Waals surface area contributed by atoms with Crippen molar-refractivity contribution >= 4 is 21.1 Å². The Balaban J connectivity index is 1.75. The van der Waals surface area contributed by atoms with Gasteiger partial charge in [0, 0.05) is 42.5 Å². The molecule has 0 spiro atoms. The predicted octanol–water partition coefficient (Wildman–Crippen LogP) is 4.97. The van der Waals surface area contributed by atoms with Crippen molar-refractivity contribution in [1.82, 2.24) is 19.3 Å². The molecule has 1 N–H and O–H groups in total. The summed E-state index contributed by atoms with van der Waals surface area (Å²) in [6, 6.07) is 10.8. The zero-order valence-corrected chi connectivity index (χ0v) is 19.8. The smallest absolute Gasteiger partial charge is 0.490 e. The van der Waals surface area contributed by atoms with Crippen molar-refractivity contribution in [3.63, 3.8) is 0 Å². The van der Waals surface area contributed by atoms with Crippen LogP contribution in [0.5, 0.6) is 11.5 Å². The average molecular weight is 519 g/mol. The standard InChI is InChI=1S/C24H21F3N4O4S/c1-3-36(32,33)31(2)12-13-34-20-15-28-11-9-18(20)22-21(23-19(30-22)8-5-10-29-23)16-6-4-7-17(14-16)35-24(25,26)27/h3-11,14-15,30H,1,12-13H2,2H3. The van der Waals surface area contributed by atoms with Crippen molar-refractivity contribution in [3.8, 4) is 33.9 Å². The summed E-state index contributed by atoms with van der Waals surface area (Å²) in [5.74, 6) is -0.0219. The highest BCUT2D eigenvalue weighted by atomic mass is 32.2. The Bertz CT molecular complexity index is 1500. The summed E-state index contributed by atoms with van der Waals surface area (Å²) in [7, 11) is -2.19. The minimum absolute atomic E-state index is 0.0188. The maximum absolute atomic E-state index is 12.8. The molecule has 4 aromatic rings. The molecule has 0 atom stereocenters. The van der Waals surface area contributed by atoms with Gasteiger partial charge in [-0.25, -0.2) is 8.42 Å². The zero-order chi connectivity index (χ0) is 25.9. The molecule has 3 aromatic heterocycles. The van der Waals surface area contributed by atoms with Crippen LogP contribution in [0.4, 0.5) is 13.2 Å². The van der Waals surface area contributed by atoms with Crippen LogP contribution in [0.3, 0.4) is 0 Å². The lowest BCUT2D eigenvalue weighted by Gasteiger charge is -2.16. The van der Waals surface area contributed by atoms with Crippen LogP contribution in [0.2, 0.25) is 0 Å². The van der Waals surface area contributed by atoms with Gasteiger partial charge < -0.3 is 14.5 Å². The fourth-order valence-corrected chi connectivity index (χ4v) is 4.18. The first-order valence-corrected chi connectivity index (χ1v) is 12.1. The van der Waals surface area contributed by atoms with E-state index >= 15 is 0 Å². The van der Waals surface area contributed by atoms with Crippen molar-refractivity contribution in [1.29, 1.82) is 0 Å². The molecule has 12 heteroatoms. The van der Waals surface area contributed by atoms with Crippen LogP contribution in [0.25, 0.3) is 33.4 Å². The third-order valence-electron chi connectivity index (χ3n) is 5.27. The number of hydrogen-bond acceptors (Lipinski definition) is 6. The number of aromatic nitrogens is 3. The number of benzene rings is 1. The number of nitrogens with one attached hydrogen (secondary N) is 1. The van der Waals surface area contributed by atoms with Crippen LogP contribution in [0, 0.1) is 0 Å². The summed E-state index contributed by atoms with van der Waals surface area (Å²) in [5.41, 5.74) is 3.28. The molecule has 0 radical (unpaired) electrons. The summed E-state index contributed by atoms with van der Waals surface area (Å²) in [6.07, 6.45) is -0.233. The fourth-order valence-electron chi connectivity index (χ4n) is 3.59. The maximum atomic E-state index is 12.8. The van der Waals surface area contributed by atoms with E-state index in [0.29, 0.717) is 39.2 Å². The number of aromatic amines is 1. The van der Waals surface area contributed by atoms with Gasteiger partial charge in [0.2, 0.25) is 10.0 Å². The minimum atomic E-state index is -4.84. The largest absolute Gasteiger partial charge is 0.573 e. The molecule has 1 aromatic carbocycles. The van der Waals surface area contributed by atoms with Crippen LogP contribution >= 0.6 is 0 Å². The first-order valence-electron chi connectivity index (χ1n) is 10.6. The first kappa shape index (κ1) is 25.2. The molecule has 0 saturated carbocycles. The highest BCUT2D eigenvalue weighted by molar-refractivity contribution is 7.91. The SMILES string of the molecule is C=CS(=O)(=O)N(C)CCOc1cnccc1-c1[nH]c2cccnc2c1-c1cccc(OC(F)(F)F)c1. The van der Waals surface area contributed by atoms with Gasteiger partial charge in [-0.05, 0) is 35.9 Å². The van der Waals surface area contributed by atoms with Crippen LogP contribution in [0.15, 0.2) is 73.0 Å². The lowest BCUT2D eigenvalue weighted by Crippen LogP contribution is -2.29. The quantitative estimate of drug-likeness (QED) is 0.336. The van der Waals surface area contributed by atoms with Crippen LogP contribution in [-0.4, -0.2) is 54.2 Å². The van der Waals surface area contributed by atoms with E-state index in [9.17, 15) is 21.6 Å². The number of H-pyrrole nitrogens is 1. The highest BCUT2D eigenvalue weighted by Gasteiger charge is 2.31. The second kappa shape index (κ2) is 9.99. The number of likely N-dealkylation sites (N-methyl/N-ethyl adjacent to an activating group) is 1. The molecule has 0 aliphatic rings. The van der Waals surface area contributed by atoms with Gasteiger partial charge >= 0.3 is 6.36 Å². The van der Waals surface area contributed by atoms with Gasteiger partial charge in [-0.3, -0.25) is 9.97 Å². The zero-order valence-electron chi connectivity index (χ0n) is 19.0. The molecular weight excluding hydrogens is 497 g/mol. The molecule has 8 nitrogen and oxygen atoms in total. The van der Waals surface area contributed by atoms with Crippen LogP contribution in [-0.2, 0) is 10.0 Å². The van der Waals surface area contributed by atoms with Crippen molar-refractivity contribution in [2.24, 2.45) is 0 Å². The van der Waals surface area contributed by atoms with Crippen molar-refractivity contribution in [2.45, 2.75) is 6.36 Å². The molecule has 0 aliphatic heterocycles. The summed E-state index contributed by atoms with van der Waals surface area (Å²) in [4.78, 5) is 11.8. The second-order valence-corrected chi connectivity index (χ2v) is 9.59. The lowest BCUT2D eigenvalue weighted by atomic mass is 10.0. The van der Waals surface area contributed by atoms with Crippen molar-refractivity contribution < 1.29 is 31.1 Å². The third-order valence-corrected chi connectivity index (χ3v) is 6.75. The molecule has 0 fully saturated rings. The molecule has 0 bridgehead atoms. The monoisotopic (exact) mass is 518 g/mol. The van der Waals surface area contributed by atoms with Gasteiger partial charge in [-0.15, -0.1) is 13.2 Å². The van der Waals surface area contributed by atoms with Gasteiger partial charge in [0.05, 0.1) is 22.9 Å². The first-order chi connectivity index (χ1) is 17.1. The van der Waals surface area contributed by atoms with Crippen LogP contribution in [0.1, 0.15) is 0 Å². The van der Waals surface area contributed by atoms with E-state index < -0.39 is 16.4 Å². The molecule has 3 heterocycles. The molecule has 0 amide bonds. The van der Waals surface area contributed by atoms with Gasteiger partial charge in [0.15, 0.2) is 0 Å². The predicted molar refractivity (Wildman–Crippen MR) is 129 cm³/mol. The number of alkyl halides is 3. The Morgan fingerprint density at radius 3 is 2.72 bits per heavy atom. The number of halogens is 3. The summed E-state index contributed by atoms with van der Waals surface area (Å²) < 4.78 is 73.3. The number of ether oxygens (including phenoxy) is 2. The topological polar surface area (TPSA) is 97.4 Å². The van der Waals surface area contributed by atoms with Crippen LogP contribution < -0.4 is 9.47 Å². The normalized spacial score (nSPS) is 12.1. The molecule has 4 rings (SSSR count). The van der Waals surface area contributed by atoms with Gasteiger partial charge in [-0.1, -0.05) is 18.7 Å². The second-order valence-electron chi connectivity index (χ2n) is 7.60. The highest BCUT2D eigenvalue weighted by Crippen LogP contribution is 2.41. The molecule has 188 valence electrons. The van der Waals surface area contributed by atoms with Gasteiger partial charge in [-0.2, -0.15) is 4.31 Å². The Labute approximate surface area is 205 Å². The Morgan fingerprint density at radius 2 is 1.97 bits per heavy atom. The van der Waals surface area contributed by atoms with E-state index in [-0.39, 0.29) is 18.9 Å². The Kier molecular flexibility index (Phi) is 7.00. The number of rotatable bonds is 9. The lowest BCUT2D eigenvalue weighted by molar-refractivity contribution is -0.274. The summed E-state index contributed by atoms with van der Waals surface area (Å²) in [6.45, 7) is 3.37. The molecule has 0 unspecified atom stereocenters. The number of pyridine rings is 2. The van der Waals surface area contributed by atoms with E-state index in [4.69, 9.17) is 4.74 Å². The van der Waals surface area contributed by atoms with E-state index in [1.54, 1.807) is 36.7 Å². The number of hydrogen-bond donors (Lipinski definition) is 1. The molecule has 36 heavy (non-hydrogen) atoms. The van der Waals surface area contributed by atoms with E-state index in [0.717, 1.165) is 9.71 Å². The van der Waals surface area contributed by atoms with E-state index in [1.807, 2.05) is 0 Å². The number of fused-ring (bicyclic) bond motifs is 1. The molecule has 0 aliphatic carbocycles. The third kappa shape index (κ3) is 5.50. The number of nitrogens with zero attached hydrogens (tertiary/aromatic N) is 3. The number of sulfonamides is 1. The maximum Gasteiger partial charge on any atom is 0.573 e. The average Bonchev–Trinajstić information content (AvgIpc) is 3.23. The summed E-state index contributed by atoms with van der Waals surface area (Å²) in [5, 5.41) is 0.850. The van der Waals surface area contributed by atoms with Gasteiger partial charge in [0.1, 0.15) is 18.1 Å². The molecular formula is C24H21F3N4O4S. The minimum Gasteiger partial charge on any atom is -0.490 e. The Hall–Kier alpha value is -3.90. The Morgan fingerprint density at radius 1 is 1.17 bits per heavy atom. The van der Waals surface area contributed by atoms with Crippen molar-refractivity contribution in [3.05, 3.63) is 73.0 Å². The van der Waals surface area contributed by atoms with E-state index in [1.165, 1.54) is 31.4 Å². The molecule has 0 saturated heterocycles. The van der Waals surface area contributed by atoms with Crippen molar-refractivity contribution in [2.75, 3.05) is 20.2 Å². The summed E-state index contributed by atoms with van der Waals surface area (Å²) >= 11 is 0. The van der Waals surface area contributed by atoms with E-state index in [2.05, 4.69) is 26.3 Å². The van der Waals surface area contributed by atoms with Gasteiger partial charge in [0.25, 0.3) is 0 Å². The fraction of sp³-hybridized carbons (Fsp3) is 0.167.